The summed E-state index contributed by atoms with van der Waals surface area (Å²) < 4.78 is 5.32. The number of thiophene rings is 1. The molecule has 3 aromatic rings. The number of anilines is 1. The van der Waals surface area contributed by atoms with E-state index in [0.717, 1.165) is 30.4 Å². The van der Waals surface area contributed by atoms with Crippen molar-refractivity contribution in [1.82, 2.24) is 15.3 Å². The van der Waals surface area contributed by atoms with Gasteiger partial charge in [0.25, 0.3) is 17.4 Å². The third-order valence-corrected chi connectivity index (χ3v) is 6.11. The van der Waals surface area contributed by atoms with Crippen molar-refractivity contribution in [2.24, 2.45) is 0 Å². The molecule has 1 aromatic carbocycles. The van der Waals surface area contributed by atoms with Crippen molar-refractivity contribution >= 4 is 39.1 Å². The van der Waals surface area contributed by atoms with E-state index in [9.17, 15) is 14.4 Å². The van der Waals surface area contributed by atoms with Gasteiger partial charge in [-0.2, -0.15) is 0 Å². The number of carbonyl (C=O) groups excluding carboxylic acids is 2. The van der Waals surface area contributed by atoms with Crippen molar-refractivity contribution in [3.05, 3.63) is 50.4 Å². The molecule has 1 aliphatic heterocycles. The molecule has 3 N–H and O–H groups in total. The number of nitrogens with one attached hydrogen (secondary N) is 3. The fourth-order valence-electron chi connectivity index (χ4n) is 3.62. The predicted octanol–water partition coefficient (Wildman–Crippen LogP) is 1.73. The lowest BCUT2D eigenvalue weighted by atomic mass is 10.1. The van der Waals surface area contributed by atoms with Crippen LogP contribution in [0.5, 0.6) is 5.75 Å². The van der Waals surface area contributed by atoms with Gasteiger partial charge in [0.15, 0.2) is 6.61 Å². The molecule has 0 unspecified atom stereocenters. The fourth-order valence-corrected chi connectivity index (χ4v) is 4.88. The molecular formula is C19H16N4O4S. The second-order valence-corrected chi connectivity index (χ2v) is 7.89. The average molecular weight is 396 g/mol. The Labute approximate surface area is 162 Å². The number of ether oxygens (including phenoxy) is 1. The summed E-state index contributed by atoms with van der Waals surface area (Å²) in [6.07, 6.45) is 2.92. The number of amides is 2. The van der Waals surface area contributed by atoms with Crippen LogP contribution in [0.25, 0.3) is 10.2 Å². The number of carbonyl (C=O) groups is 2. The van der Waals surface area contributed by atoms with Gasteiger partial charge >= 0.3 is 0 Å². The van der Waals surface area contributed by atoms with Crippen molar-refractivity contribution in [2.45, 2.75) is 25.8 Å². The van der Waals surface area contributed by atoms with Crippen LogP contribution in [0.2, 0.25) is 0 Å². The third kappa shape index (κ3) is 2.84. The minimum Gasteiger partial charge on any atom is -0.482 e. The molecule has 0 fully saturated rings. The summed E-state index contributed by atoms with van der Waals surface area (Å²) in [5.41, 5.74) is 2.18. The van der Waals surface area contributed by atoms with E-state index in [0.29, 0.717) is 21.7 Å². The van der Waals surface area contributed by atoms with Crippen molar-refractivity contribution in [3.63, 3.8) is 0 Å². The van der Waals surface area contributed by atoms with Crippen molar-refractivity contribution in [1.29, 1.82) is 0 Å². The first-order valence-corrected chi connectivity index (χ1v) is 9.78. The van der Waals surface area contributed by atoms with Crippen LogP contribution in [0, 0.1) is 0 Å². The minimum absolute atomic E-state index is 0.00323. The van der Waals surface area contributed by atoms with Gasteiger partial charge in [-0.25, -0.2) is 4.98 Å². The zero-order chi connectivity index (χ0) is 19.3. The lowest BCUT2D eigenvalue weighted by Crippen LogP contribution is -2.28. The van der Waals surface area contributed by atoms with Crippen LogP contribution in [-0.2, 0) is 24.2 Å². The number of H-pyrrole nitrogens is 1. The quantitative estimate of drug-likeness (QED) is 0.624. The number of hydrogen-bond donors (Lipinski definition) is 3. The molecule has 1 aliphatic carbocycles. The summed E-state index contributed by atoms with van der Waals surface area (Å²) in [4.78, 5) is 45.2. The van der Waals surface area contributed by atoms with Gasteiger partial charge in [-0.1, -0.05) is 6.07 Å². The third-order valence-electron chi connectivity index (χ3n) is 4.92. The molecule has 8 nitrogen and oxygen atoms in total. The summed E-state index contributed by atoms with van der Waals surface area (Å²) in [6.45, 7) is 0.224. The molecule has 3 heterocycles. The molecule has 9 heteroatoms. The fraction of sp³-hybridized carbons (Fsp3) is 0.263. The molecule has 0 saturated carbocycles. The van der Waals surface area contributed by atoms with E-state index in [1.54, 1.807) is 18.2 Å². The highest BCUT2D eigenvalue weighted by Crippen LogP contribution is 2.34. The van der Waals surface area contributed by atoms with Crippen LogP contribution in [0.1, 0.15) is 33.0 Å². The molecule has 0 radical (unpaired) electrons. The lowest BCUT2D eigenvalue weighted by Gasteiger charge is -2.18. The molecule has 0 spiro atoms. The maximum Gasteiger partial charge on any atom is 0.287 e. The Bertz CT molecular complexity index is 1200. The SMILES string of the molecule is O=C1COc2ccc(CNC(=O)c3nc4sc5c(c4c(=O)[nH]3)CCC5)cc2N1. The normalized spacial score (nSPS) is 14.9. The summed E-state index contributed by atoms with van der Waals surface area (Å²) >= 11 is 1.50. The summed E-state index contributed by atoms with van der Waals surface area (Å²) in [5, 5.41) is 6.11. The molecule has 5 rings (SSSR count). The van der Waals surface area contributed by atoms with Gasteiger partial charge in [-0.3, -0.25) is 14.4 Å². The van der Waals surface area contributed by atoms with Crippen LogP contribution in [-0.4, -0.2) is 28.4 Å². The predicted molar refractivity (Wildman–Crippen MR) is 104 cm³/mol. The Hall–Kier alpha value is -3.20. The van der Waals surface area contributed by atoms with Crippen molar-refractivity contribution < 1.29 is 14.3 Å². The molecule has 2 aliphatic rings. The second kappa shape index (κ2) is 6.45. The second-order valence-electron chi connectivity index (χ2n) is 6.80. The number of fused-ring (bicyclic) bond motifs is 4. The van der Waals surface area contributed by atoms with Crippen LogP contribution in [0.3, 0.4) is 0 Å². The Kier molecular flexibility index (Phi) is 3.90. The monoisotopic (exact) mass is 396 g/mol. The molecule has 28 heavy (non-hydrogen) atoms. The number of nitrogens with zero attached hydrogens (tertiary/aromatic N) is 1. The first-order valence-electron chi connectivity index (χ1n) is 8.97. The average Bonchev–Trinajstić information content (AvgIpc) is 3.26. The Morgan fingerprint density at radius 2 is 2.18 bits per heavy atom. The van der Waals surface area contributed by atoms with Gasteiger partial charge < -0.3 is 20.4 Å². The Balaban J connectivity index is 1.35. The summed E-state index contributed by atoms with van der Waals surface area (Å²) in [5.74, 6) is -0.0685. The number of aromatic nitrogens is 2. The van der Waals surface area contributed by atoms with Gasteiger partial charge in [0.2, 0.25) is 5.82 Å². The summed E-state index contributed by atoms with van der Waals surface area (Å²) in [6, 6.07) is 5.30. The molecule has 2 amide bonds. The van der Waals surface area contributed by atoms with E-state index >= 15 is 0 Å². The largest absolute Gasteiger partial charge is 0.482 e. The van der Waals surface area contributed by atoms with E-state index in [1.165, 1.54) is 16.2 Å². The maximum atomic E-state index is 12.5. The number of aromatic amines is 1. The van der Waals surface area contributed by atoms with Crippen LogP contribution < -0.4 is 20.9 Å². The molecule has 142 valence electrons. The number of hydrogen-bond acceptors (Lipinski definition) is 6. The minimum atomic E-state index is -0.453. The van der Waals surface area contributed by atoms with Gasteiger partial charge in [-0.05, 0) is 42.5 Å². The summed E-state index contributed by atoms with van der Waals surface area (Å²) in [7, 11) is 0. The number of rotatable bonds is 3. The zero-order valence-corrected chi connectivity index (χ0v) is 15.6. The molecule has 0 bridgehead atoms. The topological polar surface area (TPSA) is 113 Å². The lowest BCUT2D eigenvalue weighted by molar-refractivity contribution is -0.118. The molecule has 0 saturated heterocycles. The van der Waals surface area contributed by atoms with E-state index in [-0.39, 0.29) is 30.4 Å². The first-order chi connectivity index (χ1) is 13.6. The zero-order valence-electron chi connectivity index (χ0n) is 14.8. The molecule has 0 atom stereocenters. The highest BCUT2D eigenvalue weighted by atomic mass is 32.1. The van der Waals surface area contributed by atoms with Crippen LogP contribution in [0.4, 0.5) is 5.69 Å². The van der Waals surface area contributed by atoms with Gasteiger partial charge in [0.1, 0.15) is 10.6 Å². The van der Waals surface area contributed by atoms with Gasteiger partial charge in [-0.15, -0.1) is 11.3 Å². The highest BCUT2D eigenvalue weighted by molar-refractivity contribution is 7.18. The van der Waals surface area contributed by atoms with E-state index in [1.807, 2.05) is 0 Å². The standard InChI is InChI=1S/C19H16N4O4S/c24-14-8-27-12-5-4-9(6-11(12)21-14)7-20-18(26)16-22-17(25)15-10-2-1-3-13(10)28-19(15)23-16/h4-6H,1-3,7-8H2,(H,20,26)(H,21,24)(H,22,23,25). The number of aryl methyl sites for hydroxylation is 2. The maximum absolute atomic E-state index is 12.5. The Morgan fingerprint density at radius 3 is 3.07 bits per heavy atom. The smallest absolute Gasteiger partial charge is 0.287 e. The van der Waals surface area contributed by atoms with E-state index in [2.05, 4.69) is 20.6 Å². The highest BCUT2D eigenvalue weighted by Gasteiger charge is 2.22. The van der Waals surface area contributed by atoms with Gasteiger partial charge in [0, 0.05) is 11.4 Å². The van der Waals surface area contributed by atoms with Crippen LogP contribution in [0.15, 0.2) is 23.0 Å². The van der Waals surface area contributed by atoms with Crippen LogP contribution >= 0.6 is 11.3 Å². The van der Waals surface area contributed by atoms with E-state index in [4.69, 9.17) is 4.74 Å². The van der Waals surface area contributed by atoms with Crippen molar-refractivity contribution in [3.8, 4) is 5.75 Å². The number of benzene rings is 1. The first kappa shape index (κ1) is 16.9. The Morgan fingerprint density at radius 1 is 1.29 bits per heavy atom. The van der Waals surface area contributed by atoms with Crippen molar-refractivity contribution in [2.75, 3.05) is 11.9 Å². The molecular weight excluding hydrogens is 380 g/mol. The van der Waals surface area contributed by atoms with E-state index < -0.39 is 5.91 Å². The molecule has 2 aromatic heterocycles. The van der Waals surface area contributed by atoms with Gasteiger partial charge in [0.05, 0.1) is 11.1 Å².